The molecule has 0 spiro atoms. The first-order chi connectivity index (χ1) is 6.63. The van der Waals surface area contributed by atoms with Crippen LogP contribution in [0.15, 0.2) is 0 Å². The molecule has 0 heterocycles. The van der Waals surface area contributed by atoms with Crippen LogP contribution < -0.4 is 0 Å². The highest BCUT2D eigenvalue weighted by molar-refractivity contribution is 6.03. The molecule has 1 N–H and O–H groups in total. The number of hydrogen-bond acceptors (Lipinski definition) is 3. The van der Waals surface area contributed by atoms with Crippen molar-refractivity contribution < 1.29 is 14.7 Å². The number of rotatable bonds is 3. The first-order valence-electron chi connectivity index (χ1n) is 4.77. The van der Waals surface area contributed by atoms with E-state index in [0.29, 0.717) is 12.8 Å². The third-order valence-corrected chi connectivity index (χ3v) is 2.86. The Bertz CT molecular complexity index is 292. The summed E-state index contributed by atoms with van der Waals surface area (Å²) in [5, 5.41) is 17.5. The smallest absolute Gasteiger partial charge is 0.317 e. The zero-order valence-corrected chi connectivity index (χ0v) is 7.95. The predicted molar refractivity (Wildman–Crippen MR) is 48.4 cm³/mol. The van der Waals surface area contributed by atoms with Crippen molar-refractivity contribution in [3.8, 4) is 6.07 Å². The number of carboxylic acid groups (broad SMARTS) is 1. The van der Waals surface area contributed by atoms with Crippen LogP contribution in [-0.2, 0) is 9.59 Å². The standard InChI is InChI=1S/C10H13NO3/c11-7-3-6-10(9(13)14)5-2-1-4-8(10)12/h1-6H2,(H,13,14)/t10-/m0/s1. The molecule has 0 saturated heterocycles. The number of carbonyl (C=O) groups excluding carboxylic acids is 1. The average molecular weight is 195 g/mol. The van der Waals surface area contributed by atoms with Gasteiger partial charge in [0.25, 0.3) is 0 Å². The van der Waals surface area contributed by atoms with E-state index in [9.17, 15) is 9.59 Å². The Morgan fingerprint density at radius 2 is 2.29 bits per heavy atom. The SMILES string of the molecule is N#CCC[C@@]1(C(=O)O)CCCCC1=O. The zero-order chi connectivity index (χ0) is 10.6. The third kappa shape index (κ3) is 1.77. The first-order valence-corrected chi connectivity index (χ1v) is 4.77. The summed E-state index contributed by atoms with van der Waals surface area (Å²) in [5.41, 5.74) is -1.26. The molecule has 0 aromatic carbocycles. The van der Waals surface area contributed by atoms with Gasteiger partial charge in [-0.05, 0) is 19.3 Å². The summed E-state index contributed by atoms with van der Waals surface area (Å²) in [6.45, 7) is 0. The number of hydrogen-bond donors (Lipinski definition) is 1. The van der Waals surface area contributed by atoms with Crippen LogP contribution in [0.5, 0.6) is 0 Å². The summed E-state index contributed by atoms with van der Waals surface area (Å²) < 4.78 is 0. The Hall–Kier alpha value is -1.37. The van der Waals surface area contributed by atoms with Gasteiger partial charge in [0.15, 0.2) is 0 Å². The molecule has 76 valence electrons. The van der Waals surface area contributed by atoms with Crippen LogP contribution >= 0.6 is 0 Å². The van der Waals surface area contributed by atoms with Gasteiger partial charge in [-0.25, -0.2) is 0 Å². The summed E-state index contributed by atoms with van der Waals surface area (Å²) in [5.74, 6) is -1.26. The molecular weight excluding hydrogens is 182 g/mol. The Kier molecular flexibility index (Phi) is 3.23. The molecule has 0 aromatic rings. The van der Waals surface area contributed by atoms with Crippen molar-refractivity contribution in [2.75, 3.05) is 0 Å². The van der Waals surface area contributed by atoms with E-state index in [2.05, 4.69) is 0 Å². The number of nitrogens with zero attached hydrogens (tertiary/aromatic N) is 1. The lowest BCUT2D eigenvalue weighted by Gasteiger charge is -2.30. The Labute approximate surface area is 82.5 Å². The maximum atomic E-state index is 11.6. The van der Waals surface area contributed by atoms with Crippen LogP contribution in [0.4, 0.5) is 0 Å². The fourth-order valence-corrected chi connectivity index (χ4v) is 1.96. The van der Waals surface area contributed by atoms with Gasteiger partial charge >= 0.3 is 5.97 Å². The minimum absolute atomic E-state index is 0.137. The lowest BCUT2D eigenvalue weighted by atomic mass is 9.70. The first kappa shape index (κ1) is 10.7. The summed E-state index contributed by atoms with van der Waals surface area (Å²) in [6, 6.07) is 1.90. The number of aliphatic carboxylic acids is 1. The lowest BCUT2D eigenvalue weighted by Crippen LogP contribution is -2.41. The van der Waals surface area contributed by atoms with Crippen molar-refractivity contribution in [1.29, 1.82) is 5.26 Å². The molecule has 0 bridgehead atoms. The quantitative estimate of drug-likeness (QED) is 0.692. The summed E-state index contributed by atoms with van der Waals surface area (Å²) in [7, 11) is 0. The molecule has 4 nitrogen and oxygen atoms in total. The van der Waals surface area contributed by atoms with Gasteiger partial charge in [-0.1, -0.05) is 6.42 Å². The number of ketones is 1. The van der Waals surface area contributed by atoms with E-state index >= 15 is 0 Å². The molecule has 14 heavy (non-hydrogen) atoms. The van der Waals surface area contributed by atoms with E-state index in [4.69, 9.17) is 10.4 Å². The topological polar surface area (TPSA) is 78.2 Å². The highest BCUT2D eigenvalue weighted by atomic mass is 16.4. The number of nitriles is 1. The summed E-state index contributed by atoms with van der Waals surface area (Å²) in [6.07, 6.45) is 2.58. The van der Waals surface area contributed by atoms with Gasteiger partial charge in [-0.2, -0.15) is 5.26 Å². The van der Waals surface area contributed by atoms with Crippen molar-refractivity contribution in [3.63, 3.8) is 0 Å². The molecule has 1 aliphatic rings. The fraction of sp³-hybridized carbons (Fsp3) is 0.700. The highest BCUT2D eigenvalue weighted by Crippen LogP contribution is 2.37. The number of carbonyl (C=O) groups is 2. The summed E-state index contributed by atoms with van der Waals surface area (Å²) in [4.78, 5) is 22.6. The minimum atomic E-state index is -1.26. The van der Waals surface area contributed by atoms with Gasteiger partial charge in [0.1, 0.15) is 11.2 Å². The molecule has 0 radical (unpaired) electrons. The van der Waals surface area contributed by atoms with E-state index in [1.165, 1.54) is 0 Å². The molecule has 0 aromatic heterocycles. The Morgan fingerprint density at radius 1 is 1.57 bits per heavy atom. The maximum absolute atomic E-state index is 11.6. The second-order valence-electron chi connectivity index (χ2n) is 3.68. The largest absolute Gasteiger partial charge is 0.480 e. The van der Waals surface area contributed by atoms with Crippen molar-refractivity contribution in [3.05, 3.63) is 0 Å². The monoisotopic (exact) mass is 195 g/mol. The van der Waals surface area contributed by atoms with Crippen molar-refractivity contribution in [2.24, 2.45) is 5.41 Å². The molecule has 1 fully saturated rings. The average Bonchev–Trinajstić information content (AvgIpc) is 2.16. The van der Waals surface area contributed by atoms with Crippen LogP contribution in [-0.4, -0.2) is 16.9 Å². The van der Waals surface area contributed by atoms with E-state index < -0.39 is 11.4 Å². The van der Waals surface area contributed by atoms with Gasteiger partial charge in [0, 0.05) is 12.8 Å². The van der Waals surface area contributed by atoms with Gasteiger partial charge in [0.2, 0.25) is 0 Å². The molecule has 1 rings (SSSR count). The molecule has 1 aliphatic carbocycles. The lowest BCUT2D eigenvalue weighted by molar-refractivity contribution is -0.157. The molecule has 4 heteroatoms. The fourth-order valence-electron chi connectivity index (χ4n) is 1.96. The Balaban J connectivity index is 2.84. The molecule has 1 atom stereocenters. The molecule has 0 unspecified atom stereocenters. The molecule has 1 saturated carbocycles. The van der Waals surface area contributed by atoms with E-state index in [0.717, 1.165) is 12.8 Å². The van der Waals surface area contributed by atoms with Gasteiger partial charge in [-0.3, -0.25) is 9.59 Å². The number of Topliss-reactive ketones (excluding diaryl/α,β-unsaturated/α-hetero) is 1. The van der Waals surface area contributed by atoms with Crippen LogP contribution in [0.25, 0.3) is 0 Å². The van der Waals surface area contributed by atoms with Gasteiger partial charge < -0.3 is 5.11 Å². The molecule has 0 aliphatic heterocycles. The maximum Gasteiger partial charge on any atom is 0.317 e. The van der Waals surface area contributed by atoms with Gasteiger partial charge in [-0.15, -0.1) is 0 Å². The Morgan fingerprint density at radius 3 is 2.79 bits per heavy atom. The number of carboxylic acids is 1. The van der Waals surface area contributed by atoms with Crippen LogP contribution in [0.3, 0.4) is 0 Å². The second kappa shape index (κ2) is 4.23. The van der Waals surface area contributed by atoms with Crippen LogP contribution in [0, 0.1) is 16.7 Å². The van der Waals surface area contributed by atoms with Crippen LogP contribution in [0.1, 0.15) is 38.5 Å². The second-order valence-corrected chi connectivity index (χ2v) is 3.68. The zero-order valence-electron chi connectivity index (χ0n) is 7.95. The third-order valence-electron chi connectivity index (χ3n) is 2.86. The highest BCUT2D eigenvalue weighted by Gasteiger charge is 2.46. The molecule has 0 amide bonds. The van der Waals surface area contributed by atoms with Crippen molar-refractivity contribution in [2.45, 2.75) is 38.5 Å². The van der Waals surface area contributed by atoms with Gasteiger partial charge in [0.05, 0.1) is 6.07 Å². The summed E-state index contributed by atoms with van der Waals surface area (Å²) >= 11 is 0. The van der Waals surface area contributed by atoms with Crippen molar-refractivity contribution in [1.82, 2.24) is 0 Å². The molecular formula is C10H13NO3. The predicted octanol–water partition coefficient (Wildman–Crippen LogP) is 1.50. The minimum Gasteiger partial charge on any atom is -0.480 e. The van der Waals surface area contributed by atoms with E-state index in [1.54, 1.807) is 0 Å². The van der Waals surface area contributed by atoms with Crippen LogP contribution in [0.2, 0.25) is 0 Å². The normalized spacial score (nSPS) is 26.9. The van der Waals surface area contributed by atoms with E-state index in [1.807, 2.05) is 6.07 Å². The van der Waals surface area contributed by atoms with Crippen molar-refractivity contribution >= 4 is 11.8 Å². The van der Waals surface area contributed by atoms with E-state index in [-0.39, 0.29) is 18.6 Å².